The highest BCUT2D eigenvalue weighted by atomic mass is 35.5. The largest absolute Gasteiger partial charge is 0.444 e. The maximum absolute atomic E-state index is 15.7. The third-order valence-electron chi connectivity index (χ3n) is 7.43. The second-order valence-corrected chi connectivity index (χ2v) is 15.2. The number of aryl methyl sites for hydroxylation is 1. The predicted octanol–water partition coefficient (Wildman–Crippen LogP) is 8.64. The van der Waals surface area contributed by atoms with Gasteiger partial charge in [0.25, 0.3) is 0 Å². The zero-order chi connectivity index (χ0) is 32.2. The Morgan fingerprint density at radius 2 is 1.84 bits per heavy atom. The maximum atomic E-state index is 15.7. The van der Waals surface area contributed by atoms with Gasteiger partial charge in [0.1, 0.15) is 11.4 Å². The van der Waals surface area contributed by atoms with E-state index in [1.807, 2.05) is 52.0 Å². The number of piperidine rings is 1. The average Bonchev–Trinajstić information content (AvgIpc) is 3.42. The van der Waals surface area contributed by atoms with Crippen LogP contribution in [0.4, 0.5) is 20.1 Å². The van der Waals surface area contributed by atoms with Crippen molar-refractivity contribution in [3.05, 3.63) is 87.7 Å². The number of benzene rings is 1. The number of ether oxygens (including phenoxy) is 1. The quantitative estimate of drug-likeness (QED) is 0.181. The normalized spacial score (nSPS) is 14.8. The van der Waals surface area contributed by atoms with Crippen molar-refractivity contribution < 1.29 is 13.9 Å². The Labute approximate surface area is 281 Å². The summed E-state index contributed by atoms with van der Waals surface area (Å²) in [4.78, 5) is 28.0. The van der Waals surface area contributed by atoms with Gasteiger partial charge in [-0.1, -0.05) is 52.4 Å². The summed E-state index contributed by atoms with van der Waals surface area (Å²) in [5, 5.41) is 8.27. The second kappa shape index (κ2) is 14.2. The molecule has 13 heteroatoms. The Kier molecular flexibility index (Phi) is 10.6. The third-order valence-corrected chi connectivity index (χ3v) is 10.2. The van der Waals surface area contributed by atoms with Crippen molar-refractivity contribution in [2.24, 2.45) is 0 Å². The van der Waals surface area contributed by atoms with Crippen LogP contribution >= 0.6 is 46.3 Å². The summed E-state index contributed by atoms with van der Waals surface area (Å²) in [6.45, 7) is 9.36. The first-order valence-electron chi connectivity index (χ1n) is 14.5. The maximum Gasteiger partial charge on any atom is 0.410 e. The van der Waals surface area contributed by atoms with E-state index in [-0.39, 0.29) is 23.9 Å². The van der Waals surface area contributed by atoms with Crippen LogP contribution in [0.5, 0.6) is 0 Å². The summed E-state index contributed by atoms with van der Waals surface area (Å²) >= 11 is 15.4. The summed E-state index contributed by atoms with van der Waals surface area (Å²) in [7, 11) is 0. The first-order valence-corrected chi connectivity index (χ1v) is 16.9. The van der Waals surface area contributed by atoms with Gasteiger partial charge in [0, 0.05) is 44.0 Å². The van der Waals surface area contributed by atoms with Crippen molar-refractivity contribution in [2.45, 2.75) is 67.2 Å². The molecule has 238 valence electrons. The van der Waals surface area contributed by atoms with Gasteiger partial charge in [0.15, 0.2) is 10.9 Å². The minimum absolute atomic E-state index is 0.230. The fourth-order valence-electron chi connectivity index (χ4n) is 5.11. The summed E-state index contributed by atoms with van der Waals surface area (Å²) in [5.74, 6) is 0.333. The van der Waals surface area contributed by atoms with E-state index >= 15 is 4.39 Å². The van der Waals surface area contributed by atoms with Crippen LogP contribution in [-0.4, -0.2) is 51.2 Å². The third kappa shape index (κ3) is 8.65. The topological polar surface area (TPSA) is 92.3 Å². The minimum atomic E-state index is -0.571. The van der Waals surface area contributed by atoms with Crippen molar-refractivity contribution in [1.29, 1.82) is 0 Å². The number of hydrogen-bond donors (Lipinski definition) is 2. The molecule has 1 saturated heterocycles. The molecule has 0 radical (unpaired) electrons. The SMILES string of the molecule is Cc1ccnc(Nc2ncc(Sc3ccnc(CNCC4(c5ccc(Cl)c(Cl)c5)CCN(C(=O)OC(C)(C)C)CC4)c3F)s2)c1. The highest BCUT2D eigenvalue weighted by molar-refractivity contribution is 8.01. The lowest BCUT2D eigenvalue weighted by molar-refractivity contribution is 0.0163. The smallest absolute Gasteiger partial charge is 0.410 e. The standard InChI is InChI=1S/C32H35Cl2FN6O2S2/c1-20-7-11-38-26(15-20)40-29-39-18-27(45-29)44-25-8-12-37-24(28(25)35)17-36-19-32(21-5-6-22(33)23(34)16-21)9-13-41(14-10-32)30(42)43-31(2,3)4/h5-8,11-12,15-16,18,36H,9-10,13-14,17,19H2,1-4H3,(H,38,39,40). The molecule has 4 heterocycles. The molecule has 0 unspecified atom stereocenters. The van der Waals surface area contributed by atoms with Crippen LogP contribution in [0.15, 0.2) is 64.1 Å². The molecular weight excluding hydrogens is 654 g/mol. The molecule has 3 aromatic heterocycles. The number of hydrogen-bond acceptors (Lipinski definition) is 9. The molecule has 0 saturated carbocycles. The van der Waals surface area contributed by atoms with Gasteiger partial charge in [-0.2, -0.15) is 0 Å². The number of aromatic nitrogens is 3. The van der Waals surface area contributed by atoms with E-state index in [0.29, 0.717) is 64.1 Å². The van der Waals surface area contributed by atoms with Gasteiger partial charge in [0.2, 0.25) is 0 Å². The van der Waals surface area contributed by atoms with Gasteiger partial charge in [0.05, 0.1) is 31.0 Å². The van der Waals surface area contributed by atoms with E-state index in [1.54, 1.807) is 35.6 Å². The second-order valence-electron chi connectivity index (χ2n) is 12.0. The Morgan fingerprint density at radius 3 is 2.56 bits per heavy atom. The van der Waals surface area contributed by atoms with E-state index in [4.69, 9.17) is 27.9 Å². The molecule has 0 aliphatic carbocycles. The molecule has 0 spiro atoms. The Bertz CT molecular complexity index is 1660. The molecule has 45 heavy (non-hydrogen) atoms. The first kappa shape index (κ1) is 33.4. The number of carbonyl (C=O) groups excluding carboxylic acids is 1. The molecule has 8 nitrogen and oxygen atoms in total. The molecule has 1 fully saturated rings. The van der Waals surface area contributed by atoms with Crippen LogP contribution in [0.2, 0.25) is 10.0 Å². The van der Waals surface area contributed by atoms with E-state index in [0.717, 1.165) is 15.3 Å². The number of amides is 1. The number of halogens is 3. The molecule has 0 bridgehead atoms. The van der Waals surface area contributed by atoms with Gasteiger partial charge in [-0.05, 0) is 82.0 Å². The van der Waals surface area contributed by atoms with Crippen LogP contribution < -0.4 is 10.6 Å². The van der Waals surface area contributed by atoms with Crippen LogP contribution in [-0.2, 0) is 16.7 Å². The fourth-order valence-corrected chi connectivity index (χ4v) is 7.30. The van der Waals surface area contributed by atoms with Crippen LogP contribution in [0.3, 0.4) is 0 Å². The fraction of sp³-hybridized carbons (Fsp3) is 0.375. The summed E-state index contributed by atoms with van der Waals surface area (Å²) in [6.07, 6.45) is 6.09. The van der Waals surface area contributed by atoms with Crippen molar-refractivity contribution in [3.8, 4) is 0 Å². The van der Waals surface area contributed by atoms with Crippen LogP contribution in [0.1, 0.15) is 50.4 Å². The van der Waals surface area contributed by atoms with Gasteiger partial charge >= 0.3 is 6.09 Å². The number of likely N-dealkylation sites (tertiary alicyclic amines) is 1. The van der Waals surface area contributed by atoms with E-state index in [1.165, 1.54) is 23.1 Å². The number of carbonyl (C=O) groups is 1. The number of anilines is 2. The Hall–Kier alpha value is -2.96. The Morgan fingerprint density at radius 1 is 1.09 bits per heavy atom. The number of thiazole rings is 1. The summed E-state index contributed by atoms with van der Waals surface area (Å²) < 4.78 is 22.1. The lowest BCUT2D eigenvalue weighted by atomic mass is 9.72. The van der Waals surface area contributed by atoms with Gasteiger partial charge < -0.3 is 20.3 Å². The van der Waals surface area contributed by atoms with E-state index < -0.39 is 5.60 Å². The van der Waals surface area contributed by atoms with E-state index in [9.17, 15) is 4.79 Å². The van der Waals surface area contributed by atoms with Gasteiger partial charge in [-0.25, -0.2) is 19.2 Å². The lowest BCUT2D eigenvalue weighted by Gasteiger charge is -2.42. The lowest BCUT2D eigenvalue weighted by Crippen LogP contribution is -2.50. The molecule has 1 aliphatic rings. The average molecular weight is 690 g/mol. The van der Waals surface area contributed by atoms with Crippen molar-refractivity contribution in [2.75, 3.05) is 25.0 Å². The highest BCUT2D eigenvalue weighted by Gasteiger charge is 2.38. The molecule has 1 aromatic carbocycles. The highest BCUT2D eigenvalue weighted by Crippen LogP contribution is 2.39. The summed E-state index contributed by atoms with van der Waals surface area (Å²) in [6, 6.07) is 11.2. The molecular formula is C32H35Cl2FN6O2S2. The number of rotatable bonds is 9. The molecule has 1 amide bonds. The van der Waals surface area contributed by atoms with Crippen LogP contribution in [0.25, 0.3) is 0 Å². The number of pyridine rings is 2. The molecule has 5 rings (SSSR count). The van der Waals surface area contributed by atoms with E-state index in [2.05, 4.69) is 25.6 Å². The summed E-state index contributed by atoms with van der Waals surface area (Å²) in [5.41, 5.74) is 1.50. The number of nitrogens with one attached hydrogen (secondary N) is 2. The number of nitrogens with zero attached hydrogens (tertiary/aromatic N) is 4. The van der Waals surface area contributed by atoms with Crippen LogP contribution in [0, 0.1) is 12.7 Å². The van der Waals surface area contributed by atoms with Crippen molar-refractivity contribution in [1.82, 2.24) is 25.2 Å². The molecule has 1 aliphatic heterocycles. The van der Waals surface area contributed by atoms with Crippen molar-refractivity contribution >= 4 is 63.3 Å². The minimum Gasteiger partial charge on any atom is -0.444 e. The van der Waals surface area contributed by atoms with Crippen molar-refractivity contribution in [3.63, 3.8) is 0 Å². The predicted molar refractivity (Wildman–Crippen MR) is 180 cm³/mol. The van der Waals surface area contributed by atoms with Gasteiger partial charge in [-0.3, -0.25) is 4.98 Å². The Balaban J connectivity index is 1.25. The zero-order valence-corrected chi connectivity index (χ0v) is 28.6. The first-order chi connectivity index (χ1) is 21.4. The molecule has 2 N–H and O–H groups in total. The molecule has 4 aromatic rings. The molecule has 0 atom stereocenters. The monoisotopic (exact) mass is 688 g/mol. The zero-order valence-electron chi connectivity index (χ0n) is 25.5. The van der Waals surface area contributed by atoms with Gasteiger partial charge in [-0.15, -0.1) is 0 Å².